The van der Waals surface area contributed by atoms with E-state index in [0.717, 1.165) is 5.56 Å². The van der Waals surface area contributed by atoms with Gasteiger partial charge in [-0.05, 0) is 5.56 Å². The Balaban J connectivity index is 3.06. The third kappa shape index (κ3) is 1.47. The Morgan fingerprint density at radius 1 is 1.25 bits per heavy atom. The SMILES string of the molecule is CC(C)(C(=O)[O-])c1ccccc1. The Hall–Kier alpha value is -1.31. The Bertz CT molecular complexity index is 275. The molecular weight excluding hydrogens is 152 g/mol. The molecule has 0 aromatic heterocycles. The van der Waals surface area contributed by atoms with Crippen LogP contribution in [-0.4, -0.2) is 5.97 Å². The van der Waals surface area contributed by atoms with Crippen molar-refractivity contribution in [2.75, 3.05) is 0 Å². The van der Waals surface area contributed by atoms with E-state index in [2.05, 4.69) is 0 Å². The molecule has 0 aliphatic carbocycles. The Labute approximate surface area is 71.8 Å². The summed E-state index contributed by atoms with van der Waals surface area (Å²) >= 11 is 0. The van der Waals surface area contributed by atoms with Crippen LogP contribution in [0.2, 0.25) is 0 Å². The van der Waals surface area contributed by atoms with Crippen LogP contribution in [0.1, 0.15) is 19.4 Å². The zero-order valence-corrected chi connectivity index (χ0v) is 7.20. The lowest BCUT2D eigenvalue weighted by Crippen LogP contribution is -2.41. The van der Waals surface area contributed by atoms with Crippen LogP contribution < -0.4 is 5.11 Å². The largest absolute Gasteiger partial charge is 0.549 e. The highest BCUT2D eigenvalue weighted by Gasteiger charge is 2.20. The molecular formula is C10H11O2-. The van der Waals surface area contributed by atoms with E-state index in [1.54, 1.807) is 26.0 Å². The lowest BCUT2D eigenvalue weighted by Gasteiger charge is -2.26. The van der Waals surface area contributed by atoms with Gasteiger partial charge in [0, 0.05) is 5.41 Å². The van der Waals surface area contributed by atoms with Gasteiger partial charge in [-0.2, -0.15) is 0 Å². The van der Waals surface area contributed by atoms with Crippen molar-refractivity contribution in [3.8, 4) is 0 Å². The summed E-state index contributed by atoms with van der Waals surface area (Å²) < 4.78 is 0. The maximum absolute atomic E-state index is 10.7. The highest BCUT2D eigenvalue weighted by atomic mass is 16.4. The van der Waals surface area contributed by atoms with E-state index < -0.39 is 11.4 Å². The molecule has 1 rings (SSSR count). The standard InChI is InChI=1S/C10H12O2/c1-10(2,9(11)12)8-6-4-3-5-7-8/h3-7H,1-2H3,(H,11,12)/p-1. The number of aliphatic carboxylic acids is 1. The molecule has 1 aromatic rings. The van der Waals surface area contributed by atoms with E-state index in [1.807, 2.05) is 18.2 Å². The smallest absolute Gasteiger partial charge is 0.0514 e. The molecule has 0 aliphatic rings. The van der Waals surface area contributed by atoms with E-state index in [0.29, 0.717) is 0 Å². The first-order valence-corrected chi connectivity index (χ1v) is 3.82. The number of rotatable bonds is 2. The minimum Gasteiger partial charge on any atom is -0.549 e. The molecule has 0 amide bonds. The van der Waals surface area contributed by atoms with Crippen LogP contribution in [0.3, 0.4) is 0 Å². The average molecular weight is 163 g/mol. The van der Waals surface area contributed by atoms with Crippen molar-refractivity contribution < 1.29 is 9.90 Å². The molecule has 0 bridgehead atoms. The molecule has 0 N–H and O–H groups in total. The van der Waals surface area contributed by atoms with Gasteiger partial charge in [-0.1, -0.05) is 44.2 Å². The van der Waals surface area contributed by atoms with Crippen LogP contribution in [0, 0.1) is 0 Å². The van der Waals surface area contributed by atoms with Crippen LogP contribution in [-0.2, 0) is 10.2 Å². The van der Waals surface area contributed by atoms with Gasteiger partial charge in [0.05, 0.1) is 5.97 Å². The van der Waals surface area contributed by atoms with Gasteiger partial charge >= 0.3 is 0 Å². The van der Waals surface area contributed by atoms with Gasteiger partial charge in [-0.25, -0.2) is 0 Å². The molecule has 0 saturated carbocycles. The number of carboxylic acids is 1. The number of carbonyl (C=O) groups is 1. The van der Waals surface area contributed by atoms with Crippen LogP contribution in [0.25, 0.3) is 0 Å². The molecule has 12 heavy (non-hydrogen) atoms. The number of hydrogen-bond donors (Lipinski definition) is 0. The van der Waals surface area contributed by atoms with E-state index in [1.165, 1.54) is 0 Å². The lowest BCUT2D eigenvalue weighted by atomic mass is 9.85. The molecule has 0 fully saturated rings. The molecule has 0 saturated heterocycles. The Morgan fingerprint density at radius 2 is 1.75 bits per heavy atom. The highest BCUT2D eigenvalue weighted by molar-refractivity contribution is 5.78. The zero-order chi connectivity index (χ0) is 9.19. The fourth-order valence-electron chi connectivity index (χ4n) is 0.973. The maximum atomic E-state index is 10.7. The topological polar surface area (TPSA) is 40.1 Å². The molecule has 2 nitrogen and oxygen atoms in total. The van der Waals surface area contributed by atoms with E-state index >= 15 is 0 Å². The fourth-order valence-corrected chi connectivity index (χ4v) is 0.973. The van der Waals surface area contributed by atoms with Crippen LogP contribution in [0.15, 0.2) is 30.3 Å². The normalized spacial score (nSPS) is 11.2. The minimum absolute atomic E-state index is 0.769. The first-order chi connectivity index (χ1) is 5.55. The molecule has 64 valence electrons. The van der Waals surface area contributed by atoms with Crippen molar-refractivity contribution in [1.29, 1.82) is 0 Å². The molecule has 0 heterocycles. The summed E-state index contributed by atoms with van der Waals surface area (Å²) in [6, 6.07) is 9.07. The zero-order valence-electron chi connectivity index (χ0n) is 7.20. The predicted molar refractivity (Wildman–Crippen MR) is 44.5 cm³/mol. The third-order valence-electron chi connectivity index (χ3n) is 2.01. The first-order valence-electron chi connectivity index (χ1n) is 3.82. The predicted octanol–water partition coefficient (Wildman–Crippen LogP) is 0.714. The Kier molecular flexibility index (Phi) is 2.18. The molecule has 0 aliphatic heterocycles. The molecule has 0 unspecified atom stereocenters. The van der Waals surface area contributed by atoms with Crippen molar-refractivity contribution in [2.45, 2.75) is 19.3 Å². The molecule has 0 atom stereocenters. The monoisotopic (exact) mass is 163 g/mol. The van der Waals surface area contributed by atoms with Gasteiger partial charge < -0.3 is 9.90 Å². The molecule has 2 heteroatoms. The maximum Gasteiger partial charge on any atom is 0.0514 e. The first kappa shape index (κ1) is 8.78. The van der Waals surface area contributed by atoms with Gasteiger partial charge in [0.15, 0.2) is 0 Å². The number of hydrogen-bond acceptors (Lipinski definition) is 2. The van der Waals surface area contributed by atoms with Crippen molar-refractivity contribution >= 4 is 5.97 Å². The van der Waals surface area contributed by atoms with Gasteiger partial charge in [0.1, 0.15) is 0 Å². The van der Waals surface area contributed by atoms with Crippen molar-refractivity contribution in [3.63, 3.8) is 0 Å². The minimum atomic E-state index is -1.05. The van der Waals surface area contributed by atoms with Gasteiger partial charge in [-0.15, -0.1) is 0 Å². The summed E-state index contributed by atoms with van der Waals surface area (Å²) in [5.74, 6) is -1.05. The van der Waals surface area contributed by atoms with Gasteiger partial charge in [0.2, 0.25) is 0 Å². The number of carboxylic acid groups (broad SMARTS) is 1. The van der Waals surface area contributed by atoms with Crippen LogP contribution in [0.4, 0.5) is 0 Å². The Morgan fingerprint density at radius 3 is 2.17 bits per heavy atom. The van der Waals surface area contributed by atoms with E-state index in [9.17, 15) is 9.90 Å². The molecule has 1 aromatic carbocycles. The quantitative estimate of drug-likeness (QED) is 0.644. The summed E-state index contributed by atoms with van der Waals surface area (Å²) in [7, 11) is 0. The van der Waals surface area contributed by atoms with Crippen LogP contribution >= 0.6 is 0 Å². The van der Waals surface area contributed by atoms with E-state index in [4.69, 9.17) is 0 Å². The summed E-state index contributed by atoms with van der Waals surface area (Å²) in [6.07, 6.45) is 0. The third-order valence-corrected chi connectivity index (χ3v) is 2.01. The second-order valence-corrected chi connectivity index (χ2v) is 3.28. The van der Waals surface area contributed by atoms with Crippen molar-refractivity contribution in [2.24, 2.45) is 0 Å². The highest BCUT2D eigenvalue weighted by Crippen LogP contribution is 2.21. The summed E-state index contributed by atoms with van der Waals surface area (Å²) in [5.41, 5.74) is -0.133. The average Bonchev–Trinajstić information content (AvgIpc) is 2.06. The molecule has 0 radical (unpaired) electrons. The second-order valence-electron chi connectivity index (χ2n) is 3.28. The summed E-state index contributed by atoms with van der Waals surface area (Å²) in [6.45, 7) is 3.27. The van der Waals surface area contributed by atoms with Crippen molar-refractivity contribution in [3.05, 3.63) is 35.9 Å². The van der Waals surface area contributed by atoms with Crippen LogP contribution in [0.5, 0.6) is 0 Å². The van der Waals surface area contributed by atoms with Gasteiger partial charge in [0.25, 0.3) is 0 Å². The van der Waals surface area contributed by atoms with Crippen molar-refractivity contribution in [1.82, 2.24) is 0 Å². The summed E-state index contributed by atoms with van der Waals surface area (Å²) in [5, 5.41) is 10.7. The van der Waals surface area contributed by atoms with E-state index in [-0.39, 0.29) is 0 Å². The number of carbonyl (C=O) groups excluding carboxylic acids is 1. The lowest BCUT2D eigenvalue weighted by molar-refractivity contribution is -0.312. The van der Waals surface area contributed by atoms with Gasteiger partial charge in [-0.3, -0.25) is 0 Å². The molecule has 0 spiro atoms. The number of benzene rings is 1. The fraction of sp³-hybridized carbons (Fsp3) is 0.300. The summed E-state index contributed by atoms with van der Waals surface area (Å²) in [4.78, 5) is 10.7. The second kappa shape index (κ2) is 2.97.